The summed E-state index contributed by atoms with van der Waals surface area (Å²) in [5.74, 6) is 0. The highest BCUT2D eigenvalue weighted by molar-refractivity contribution is 6.07. The molecule has 2 aromatic heterocycles. The summed E-state index contributed by atoms with van der Waals surface area (Å²) in [5.41, 5.74) is 7.27. The lowest BCUT2D eigenvalue weighted by Crippen LogP contribution is -2.17. The van der Waals surface area contributed by atoms with Crippen LogP contribution >= 0.6 is 0 Å². The molecular weight excluding hydrogens is 228 g/mol. The Labute approximate surface area is 104 Å². The second-order valence-corrected chi connectivity index (χ2v) is 3.60. The molecule has 2 heterocycles. The Morgan fingerprint density at radius 3 is 2.61 bits per heavy atom. The van der Waals surface area contributed by atoms with E-state index in [0.29, 0.717) is 11.1 Å². The maximum atomic E-state index is 11.8. The zero-order chi connectivity index (χ0) is 13.0. The molecule has 18 heavy (non-hydrogen) atoms. The van der Waals surface area contributed by atoms with Gasteiger partial charge in [-0.15, -0.1) is 0 Å². The number of nitrogens with zero attached hydrogens (tertiary/aromatic N) is 2. The van der Waals surface area contributed by atoms with E-state index in [1.54, 1.807) is 36.8 Å². The Morgan fingerprint density at radius 2 is 2.00 bits per heavy atom. The van der Waals surface area contributed by atoms with Gasteiger partial charge in [0.1, 0.15) is 0 Å². The fourth-order valence-electron chi connectivity index (χ4n) is 1.59. The molecule has 5 heteroatoms. The Kier molecular flexibility index (Phi) is 3.33. The van der Waals surface area contributed by atoms with Crippen LogP contribution in [0.1, 0.15) is 5.56 Å². The summed E-state index contributed by atoms with van der Waals surface area (Å²) in [6, 6.07) is 6.56. The zero-order valence-electron chi connectivity index (χ0n) is 9.58. The fraction of sp³-hybridized carbons (Fsp3) is 0. The molecule has 0 unspecified atom stereocenters. The van der Waals surface area contributed by atoms with Gasteiger partial charge in [0, 0.05) is 48.2 Å². The summed E-state index contributed by atoms with van der Waals surface area (Å²) in [4.78, 5) is 15.7. The van der Waals surface area contributed by atoms with Gasteiger partial charge in [-0.05, 0) is 18.2 Å². The number of pyridine rings is 2. The van der Waals surface area contributed by atoms with E-state index in [0.717, 1.165) is 11.9 Å². The molecule has 0 aliphatic carbocycles. The Bertz CT molecular complexity index is 644. The largest absolute Gasteiger partial charge is 0.404 e. The first-order valence-corrected chi connectivity index (χ1v) is 5.32. The highest BCUT2D eigenvalue weighted by Crippen LogP contribution is 2.11. The number of rotatable bonds is 3. The van der Waals surface area contributed by atoms with Gasteiger partial charge in [0.2, 0.25) is 0 Å². The molecule has 2 rings (SSSR count). The summed E-state index contributed by atoms with van der Waals surface area (Å²) < 4.78 is 1.49. The molecule has 0 radical (unpaired) electrons. The standard InChI is InChI=1S/C13H12N4O/c14-7-11(8-15)10-1-2-13(18)17(9-10)12-3-5-16-6-4-12/h1-9,14H,15H2/b11-8+,14-7?. The van der Waals surface area contributed by atoms with E-state index >= 15 is 0 Å². The fourth-order valence-corrected chi connectivity index (χ4v) is 1.59. The van der Waals surface area contributed by atoms with Crippen molar-refractivity contribution in [2.45, 2.75) is 0 Å². The second-order valence-electron chi connectivity index (χ2n) is 3.60. The third-order valence-electron chi connectivity index (χ3n) is 2.52. The molecule has 0 aromatic carbocycles. The lowest BCUT2D eigenvalue weighted by Gasteiger charge is -2.07. The zero-order valence-corrected chi connectivity index (χ0v) is 9.58. The van der Waals surface area contributed by atoms with E-state index in [1.165, 1.54) is 16.8 Å². The topological polar surface area (TPSA) is 84.8 Å². The predicted molar refractivity (Wildman–Crippen MR) is 70.8 cm³/mol. The van der Waals surface area contributed by atoms with Crippen LogP contribution in [0.5, 0.6) is 0 Å². The number of nitrogens with two attached hydrogens (primary N) is 1. The first kappa shape index (κ1) is 11.8. The Balaban J connectivity index is 2.59. The predicted octanol–water partition coefficient (Wildman–Crippen LogP) is 1.18. The molecule has 0 bridgehead atoms. The van der Waals surface area contributed by atoms with Gasteiger partial charge in [0.05, 0.1) is 5.69 Å². The van der Waals surface area contributed by atoms with Gasteiger partial charge in [-0.2, -0.15) is 0 Å². The Morgan fingerprint density at radius 1 is 1.28 bits per heavy atom. The number of aromatic nitrogens is 2. The minimum atomic E-state index is -0.147. The molecule has 0 saturated carbocycles. The number of hydrogen-bond acceptors (Lipinski definition) is 4. The molecule has 0 saturated heterocycles. The third-order valence-corrected chi connectivity index (χ3v) is 2.52. The average molecular weight is 240 g/mol. The van der Waals surface area contributed by atoms with Crippen molar-refractivity contribution in [2.24, 2.45) is 5.73 Å². The highest BCUT2D eigenvalue weighted by atomic mass is 16.1. The summed E-state index contributed by atoms with van der Waals surface area (Å²) in [5, 5.41) is 7.26. The minimum Gasteiger partial charge on any atom is -0.404 e. The quantitative estimate of drug-likeness (QED) is 0.790. The van der Waals surface area contributed by atoms with Crippen molar-refractivity contribution in [2.75, 3.05) is 0 Å². The van der Waals surface area contributed by atoms with Crippen LogP contribution in [0.2, 0.25) is 0 Å². The molecule has 3 N–H and O–H groups in total. The van der Waals surface area contributed by atoms with E-state index in [9.17, 15) is 4.79 Å². The lowest BCUT2D eigenvalue weighted by molar-refractivity contribution is 0.980. The molecule has 2 aromatic rings. The molecule has 0 atom stereocenters. The van der Waals surface area contributed by atoms with Crippen molar-refractivity contribution < 1.29 is 0 Å². The average Bonchev–Trinajstić information content (AvgIpc) is 2.43. The van der Waals surface area contributed by atoms with Crippen molar-refractivity contribution in [1.29, 1.82) is 5.41 Å². The van der Waals surface area contributed by atoms with Gasteiger partial charge in [-0.25, -0.2) is 0 Å². The second kappa shape index (κ2) is 5.09. The smallest absolute Gasteiger partial charge is 0.255 e. The molecular formula is C13H12N4O. The van der Waals surface area contributed by atoms with Gasteiger partial charge >= 0.3 is 0 Å². The van der Waals surface area contributed by atoms with E-state index in [2.05, 4.69) is 4.98 Å². The van der Waals surface area contributed by atoms with Crippen molar-refractivity contribution >= 4 is 11.8 Å². The van der Waals surface area contributed by atoms with E-state index in [4.69, 9.17) is 11.1 Å². The SMILES string of the molecule is N=C/C(=C\N)c1ccc(=O)n(-c2ccncc2)c1. The molecule has 0 aliphatic heterocycles. The molecule has 0 spiro atoms. The van der Waals surface area contributed by atoms with E-state index < -0.39 is 0 Å². The summed E-state index contributed by atoms with van der Waals surface area (Å²) in [6.07, 6.45) is 7.37. The first-order valence-electron chi connectivity index (χ1n) is 5.32. The van der Waals surface area contributed by atoms with Gasteiger partial charge in [-0.1, -0.05) is 0 Å². The molecule has 5 nitrogen and oxygen atoms in total. The van der Waals surface area contributed by atoms with Gasteiger partial charge < -0.3 is 11.1 Å². The lowest BCUT2D eigenvalue weighted by atomic mass is 10.1. The van der Waals surface area contributed by atoms with Crippen molar-refractivity contribution in [3.63, 3.8) is 0 Å². The summed E-state index contributed by atoms with van der Waals surface area (Å²) in [6.45, 7) is 0. The van der Waals surface area contributed by atoms with Crippen molar-refractivity contribution in [3.8, 4) is 5.69 Å². The maximum absolute atomic E-state index is 11.8. The summed E-state index contributed by atoms with van der Waals surface area (Å²) in [7, 11) is 0. The number of hydrogen-bond donors (Lipinski definition) is 2. The van der Waals surface area contributed by atoms with Crippen LogP contribution in [-0.2, 0) is 0 Å². The van der Waals surface area contributed by atoms with Crippen LogP contribution in [0.25, 0.3) is 11.3 Å². The van der Waals surface area contributed by atoms with Gasteiger partial charge in [0.15, 0.2) is 0 Å². The monoisotopic (exact) mass is 240 g/mol. The normalized spacial score (nSPS) is 11.2. The molecule has 0 aliphatic rings. The molecule has 90 valence electrons. The Hall–Kier alpha value is -2.69. The van der Waals surface area contributed by atoms with Crippen LogP contribution in [0, 0.1) is 5.41 Å². The van der Waals surface area contributed by atoms with Gasteiger partial charge in [-0.3, -0.25) is 14.3 Å². The minimum absolute atomic E-state index is 0.147. The third kappa shape index (κ3) is 2.20. The molecule has 0 amide bonds. The van der Waals surface area contributed by atoms with Crippen molar-refractivity contribution in [3.05, 3.63) is 65.0 Å². The van der Waals surface area contributed by atoms with E-state index in [-0.39, 0.29) is 5.56 Å². The van der Waals surface area contributed by atoms with Crippen molar-refractivity contribution in [1.82, 2.24) is 9.55 Å². The number of nitrogens with one attached hydrogen (secondary N) is 1. The molecule has 0 fully saturated rings. The first-order chi connectivity index (χ1) is 8.76. The van der Waals surface area contributed by atoms with E-state index in [1.807, 2.05) is 0 Å². The van der Waals surface area contributed by atoms with Crippen LogP contribution in [-0.4, -0.2) is 15.8 Å². The van der Waals surface area contributed by atoms with Crippen LogP contribution < -0.4 is 11.3 Å². The summed E-state index contributed by atoms with van der Waals surface area (Å²) >= 11 is 0. The van der Waals surface area contributed by atoms with Crippen LogP contribution in [0.15, 0.2) is 53.9 Å². The van der Waals surface area contributed by atoms with Crippen LogP contribution in [0.4, 0.5) is 0 Å². The number of allylic oxidation sites excluding steroid dienone is 1. The van der Waals surface area contributed by atoms with Gasteiger partial charge in [0.25, 0.3) is 5.56 Å². The van der Waals surface area contributed by atoms with Crippen LogP contribution in [0.3, 0.4) is 0 Å². The highest BCUT2D eigenvalue weighted by Gasteiger charge is 2.03. The maximum Gasteiger partial charge on any atom is 0.255 e.